The molecule has 0 aromatic carbocycles. The van der Waals surface area contributed by atoms with Crippen LogP contribution >= 0.6 is 0 Å². The van der Waals surface area contributed by atoms with Crippen molar-refractivity contribution >= 4 is 5.97 Å². The number of carbonyl (C=O) groups excluding carboxylic acids is 1. The Morgan fingerprint density at radius 1 is 1.36 bits per heavy atom. The van der Waals surface area contributed by atoms with Gasteiger partial charge in [0.1, 0.15) is 11.9 Å². The van der Waals surface area contributed by atoms with Gasteiger partial charge in [-0.1, -0.05) is 6.92 Å². The second kappa shape index (κ2) is 6.88. The normalized spacial score (nSPS) is 42.7. The number of hydrogen-bond donors (Lipinski definition) is 1. The number of rotatable bonds is 6. The van der Waals surface area contributed by atoms with Gasteiger partial charge in [-0.15, -0.1) is 0 Å². The van der Waals surface area contributed by atoms with Crippen LogP contribution in [0, 0.1) is 23.2 Å². The first-order valence-electron chi connectivity index (χ1n) is 11.1. The van der Waals surface area contributed by atoms with Crippen LogP contribution in [0.1, 0.15) is 58.1 Å². The Hall–Kier alpha value is -1.33. The lowest BCUT2D eigenvalue weighted by atomic mass is 9.53. The monoisotopic (exact) mass is 387 g/mol. The number of ether oxygens (including phenoxy) is 2. The number of epoxide rings is 1. The second-order valence-corrected chi connectivity index (χ2v) is 10.0. The van der Waals surface area contributed by atoms with E-state index in [1.165, 1.54) is 19.3 Å². The van der Waals surface area contributed by atoms with Gasteiger partial charge in [-0.3, -0.25) is 4.79 Å². The largest absolute Gasteiger partial charge is 0.469 e. The standard InChI is InChI=1S/C23H33NO4/c1-15(6-7-16-5-3-10-26-16)24-13-18-17-11-20-22(2,12-19(17)28-21(18)25)8-4-9-23(20)14-27-23/h3,5,10,15,17-20,24H,4,6-9,11-14H2,1-2H3/t15-,17-,18-,19-,20-,22-,23-/m1/s1. The van der Waals surface area contributed by atoms with Crippen molar-refractivity contribution in [3.63, 3.8) is 0 Å². The molecule has 3 heterocycles. The van der Waals surface area contributed by atoms with Gasteiger partial charge in [0.15, 0.2) is 0 Å². The minimum atomic E-state index is -0.0154. The van der Waals surface area contributed by atoms with Crippen molar-refractivity contribution in [1.82, 2.24) is 5.32 Å². The van der Waals surface area contributed by atoms with Gasteiger partial charge in [0.05, 0.1) is 24.4 Å². The molecule has 4 fully saturated rings. The second-order valence-electron chi connectivity index (χ2n) is 10.0. The van der Waals surface area contributed by atoms with E-state index in [2.05, 4.69) is 19.2 Å². The highest BCUT2D eigenvalue weighted by Crippen LogP contribution is 2.62. The molecule has 1 N–H and O–H groups in total. The van der Waals surface area contributed by atoms with E-state index >= 15 is 0 Å². The minimum absolute atomic E-state index is 0.00810. The molecule has 2 saturated carbocycles. The van der Waals surface area contributed by atoms with Crippen LogP contribution in [-0.4, -0.2) is 36.9 Å². The van der Waals surface area contributed by atoms with Crippen LogP contribution in [0.3, 0.4) is 0 Å². The topological polar surface area (TPSA) is 64.0 Å². The molecule has 2 aliphatic carbocycles. The van der Waals surface area contributed by atoms with Crippen LogP contribution < -0.4 is 5.32 Å². The van der Waals surface area contributed by atoms with E-state index in [4.69, 9.17) is 13.9 Å². The molecule has 1 aromatic rings. The lowest BCUT2D eigenvalue weighted by molar-refractivity contribution is -0.147. The van der Waals surface area contributed by atoms with Gasteiger partial charge in [0.25, 0.3) is 0 Å². The van der Waals surface area contributed by atoms with Crippen molar-refractivity contribution in [2.24, 2.45) is 23.2 Å². The number of fused-ring (bicyclic) bond motifs is 3. The molecule has 5 heteroatoms. The van der Waals surface area contributed by atoms with Gasteiger partial charge in [-0.25, -0.2) is 0 Å². The predicted octanol–water partition coefficient (Wildman–Crippen LogP) is 3.72. The van der Waals surface area contributed by atoms with Gasteiger partial charge in [0.2, 0.25) is 0 Å². The summed E-state index contributed by atoms with van der Waals surface area (Å²) < 4.78 is 17.3. The van der Waals surface area contributed by atoms with E-state index in [-0.39, 0.29) is 29.0 Å². The molecule has 0 amide bonds. The highest BCUT2D eigenvalue weighted by molar-refractivity contribution is 5.75. The third-order valence-electron chi connectivity index (χ3n) is 8.17. The Balaban J connectivity index is 1.21. The predicted molar refractivity (Wildman–Crippen MR) is 105 cm³/mol. The van der Waals surface area contributed by atoms with Crippen LogP contribution in [0.2, 0.25) is 0 Å². The Kier molecular flexibility index (Phi) is 4.59. The highest BCUT2D eigenvalue weighted by atomic mass is 16.6. The molecule has 5 rings (SSSR count). The zero-order valence-electron chi connectivity index (χ0n) is 17.1. The van der Waals surface area contributed by atoms with Gasteiger partial charge in [-0.2, -0.15) is 0 Å². The molecule has 0 radical (unpaired) electrons. The number of nitrogens with one attached hydrogen (secondary N) is 1. The summed E-state index contributed by atoms with van der Waals surface area (Å²) in [5, 5.41) is 3.59. The molecule has 1 spiro atoms. The number of aryl methyl sites for hydroxylation is 1. The van der Waals surface area contributed by atoms with Crippen LogP contribution in [0.4, 0.5) is 0 Å². The fourth-order valence-corrected chi connectivity index (χ4v) is 6.43. The maximum absolute atomic E-state index is 12.7. The molecule has 4 aliphatic rings. The average Bonchev–Trinajstić information content (AvgIpc) is 3.11. The van der Waals surface area contributed by atoms with Gasteiger partial charge in [-0.05, 0) is 68.9 Å². The number of esters is 1. The Morgan fingerprint density at radius 2 is 2.21 bits per heavy atom. The fourth-order valence-electron chi connectivity index (χ4n) is 6.43. The van der Waals surface area contributed by atoms with Gasteiger partial charge >= 0.3 is 5.97 Å². The lowest BCUT2D eigenvalue weighted by Crippen LogP contribution is -2.51. The van der Waals surface area contributed by atoms with Crippen molar-refractivity contribution < 1.29 is 18.7 Å². The molecule has 0 bridgehead atoms. The molecule has 1 aromatic heterocycles. The summed E-state index contributed by atoms with van der Waals surface area (Å²) in [5.74, 6) is 1.94. The smallest absolute Gasteiger partial charge is 0.310 e. The first kappa shape index (κ1) is 18.7. The quantitative estimate of drug-likeness (QED) is 0.595. The summed E-state index contributed by atoms with van der Waals surface area (Å²) in [6.07, 6.45) is 9.54. The Bertz CT molecular complexity index is 712. The third-order valence-corrected chi connectivity index (χ3v) is 8.17. The van der Waals surface area contributed by atoms with Gasteiger partial charge in [0, 0.05) is 24.9 Å². The fraction of sp³-hybridized carbons (Fsp3) is 0.783. The molecule has 5 nitrogen and oxygen atoms in total. The van der Waals surface area contributed by atoms with Crippen molar-refractivity contribution in [2.45, 2.75) is 76.5 Å². The Morgan fingerprint density at radius 3 is 2.96 bits per heavy atom. The summed E-state index contributed by atoms with van der Waals surface area (Å²) in [7, 11) is 0. The van der Waals surface area contributed by atoms with E-state index < -0.39 is 0 Å². The molecule has 2 aliphatic heterocycles. The van der Waals surface area contributed by atoms with Crippen molar-refractivity contribution in [2.75, 3.05) is 13.2 Å². The highest BCUT2D eigenvalue weighted by Gasteiger charge is 2.64. The van der Waals surface area contributed by atoms with Crippen LogP contribution in [-0.2, 0) is 20.7 Å². The molecule has 28 heavy (non-hydrogen) atoms. The molecule has 154 valence electrons. The van der Waals surface area contributed by atoms with E-state index in [0.29, 0.717) is 17.9 Å². The summed E-state index contributed by atoms with van der Waals surface area (Å²) in [5.41, 5.74) is 0.396. The van der Waals surface area contributed by atoms with Crippen LogP contribution in [0.25, 0.3) is 0 Å². The maximum Gasteiger partial charge on any atom is 0.310 e. The third kappa shape index (κ3) is 3.21. The maximum atomic E-state index is 12.7. The summed E-state index contributed by atoms with van der Waals surface area (Å²) >= 11 is 0. The number of hydrogen-bond acceptors (Lipinski definition) is 5. The summed E-state index contributed by atoms with van der Waals surface area (Å²) in [4.78, 5) is 12.7. The van der Waals surface area contributed by atoms with E-state index in [1.54, 1.807) is 6.26 Å². The van der Waals surface area contributed by atoms with E-state index in [1.807, 2.05) is 12.1 Å². The van der Waals surface area contributed by atoms with E-state index in [0.717, 1.165) is 44.6 Å². The number of carbonyl (C=O) groups is 1. The van der Waals surface area contributed by atoms with Crippen LogP contribution in [0.15, 0.2) is 22.8 Å². The number of furan rings is 1. The zero-order chi connectivity index (χ0) is 19.4. The first-order valence-corrected chi connectivity index (χ1v) is 11.1. The van der Waals surface area contributed by atoms with Crippen molar-refractivity contribution in [3.8, 4) is 0 Å². The minimum Gasteiger partial charge on any atom is -0.469 e. The Labute approximate surface area is 167 Å². The average molecular weight is 388 g/mol. The lowest BCUT2D eigenvalue weighted by Gasteiger charge is -2.51. The van der Waals surface area contributed by atoms with E-state index in [9.17, 15) is 4.79 Å². The SMILES string of the molecule is C[C@H](CCc1ccco1)NC[C@H]1C(=O)O[C@@H]2C[C@@]3(C)CCC[C@@]4(CO4)[C@@H]3C[C@@H]21. The molecule has 0 unspecified atom stereocenters. The first-order chi connectivity index (χ1) is 13.5. The summed E-state index contributed by atoms with van der Waals surface area (Å²) in [6.45, 7) is 6.24. The van der Waals surface area contributed by atoms with Crippen LogP contribution in [0.5, 0.6) is 0 Å². The van der Waals surface area contributed by atoms with Crippen molar-refractivity contribution in [3.05, 3.63) is 24.2 Å². The molecular weight excluding hydrogens is 354 g/mol. The molecule has 2 saturated heterocycles. The zero-order valence-corrected chi connectivity index (χ0v) is 17.1. The van der Waals surface area contributed by atoms with Gasteiger partial charge < -0.3 is 19.2 Å². The molecule has 7 atom stereocenters. The summed E-state index contributed by atoms with van der Waals surface area (Å²) in [6, 6.07) is 4.30. The molecular formula is C23H33NO4. The van der Waals surface area contributed by atoms with Crippen molar-refractivity contribution in [1.29, 1.82) is 0 Å².